The number of hydrogen-bond donors (Lipinski definition) is 0. The molecule has 3 aromatic rings. The second-order valence-electron chi connectivity index (χ2n) is 7.52. The standard InChI is InChI=1S/C22H25BrFN5/c1-4-28-9-11-29(12-10-28)20-8-5-15(13-18(20)24)21-17-14-16(23)6-7-19(17)25-22(26-21)27(2)3/h5-8,13-14H,4,9-12H2,1-3H3. The smallest absolute Gasteiger partial charge is 0.225 e. The summed E-state index contributed by atoms with van der Waals surface area (Å²) in [5, 5.41) is 0.897. The molecule has 0 bridgehead atoms. The maximum atomic E-state index is 15.1. The van der Waals surface area contributed by atoms with Gasteiger partial charge in [0.25, 0.3) is 0 Å². The van der Waals surface area contributed by atoms with E-state index in [9.17, 15) is 0 Å². The first-order valence-corrected chi connectivity index (χ1v) is 10.7. The molecule has 0 N–H and O–H groups in total. The van der Waals surface area contributed by atoms with Gasteiger partial charge in [0.1, 0.15) is 5.82 Å². The van der Waals surface area contributed by atoms with E-state index in [0.29, 0.717) is 11.6 Å². The summed E-state index contributed by atoms with van der Waals surface area (Å²) in [5.74, 6) is 0.399. The van der Waals surface area contributed by atoms with Crippen molar-refractivity contribution in [3.63, 3.8) is 0 Å². The molecule has 152 valence electrons. The number of rotatable bonds is 4. The van der Waals surface area contributed by atoms with Crippen LogP contribution in [0.25, 0.3) is 22.2 Å². The third-order valence-corrected chi connectivity index (χ3v) is 5.92. The Balaban J connectivity index is 1.74. The van der Waals surface area contributed by atoms with Crippen molar-refractivity contribution < 1.29 is 4.39 Å². The Kier molecular flexibility index (Phi) is 5.69. The van der Waals surface area contributed by atoms with Gasteiger partial charge in [-0.25, -0.2) is 14.4 Å². The Bertz CT molecular complexity index is 1030. The fraction of sp³-hybridized carbons (Fsp3) is 0.364. The van der Waals surface area contributed by atoms with Crippen LogP contribution in [-0.2, 0) is 0 Å². The molecule has 7 heteroatoms. The summed E-state index contributed by atoms with van der Waals surface area (Å²) in [6, 6.07) is 11.3. The molecule has 0 atom stereocenters. The van der Waals surface area contributed by atoms with Crippen LogP contribution in [0.5, 0.6) is 0 Å². The van der Waals surface area contributed by atoms with Gasteiger partial charge >= 0.3 is 0 Å². The molecule has 0 amide bonds. The van der Waals surface area contributed by atoms with Crippen LogP contribution in [0, 0.1) is 5.82 Å². The number of halogens is 2. The monoisotopic (exact) mass is 457 g/mol. The number of piperazine rings is 1. The average molecular weight is 458 g/mol. The minimum absolute atomic E-state index is 0.208. The van der Waals surface area contributed by atoms with Crippen molar-refractivity contribution in [2.24, 2.45) is 0 Å². The van der Waals surface area contributed by atoms with Gasteiger partial charge in [-0.05, 0) is 36.9 Å². The molecule has 1 saturated heterocycles. The van der Waals surface area contributed by atoms with E-state index >= 15 is 4.39 Å². The van der Waals surface area contributed by atoms with Crippen molar-refractivity contribution in [2.45, 2.75) is 6.92 Å². The predicted molar refractivity (Wildman–Crippen MR) is 121 cm³/mol. The number of anilines is 2. The van der Waals surface area contributed by atoms with Gasteiger partial charge in [-0.1, -0.05) is 28.9 Å². The van der Waals surface area contributed by atoms with Crippen LogP contribution in [-0.4, -0.2) is 61.7 Å². The topological polar surface area (TPSA) is 35.5 Å². The van der Waals surface area contributed by atoms with Crippen LogP contribution in [0.3, 0.4) is 0 Å². The first-order chi connectivity index (χ1) is 14.0. The van der Waals surface area contributed by atoms with Crippen molar-refractivity contribution in [1.29, 1.82) is 0 Å². The fourth-order valence-electron chi connectivity index (χ4n) is 3.72. The van der Waals surface area contributed by atoms with Crippen molar-refractivity contribution in [3.05, 3.63) is 46.7 Å². The van der Waals surface area contributed by atoms with Crippen LogP contribution >= 0.6 is 15.9 Å². The second-order valence-corrected chi connectivity index (χ2v) is 8.43. The molecule has 1 aliphatic rings. The summed E-state index contributed by atoms with van der Waals surface area (Å²) in [7, 11) is 3.81. The van der Waals surface area contributed by atoms with E-state index in [1.165, 1.54) is 0 Å². The lowest BCUT2D eigenvalue weighted by Gasteiger charge is -2.35. The fourth-order valence-corrected chi connectivity index (χ4v) is 4.09. The molecular weight excluding hydrogens is 433 g/mol. The first-order valence-electron chi connectivity index (χ1n) is 9.88. The molecule has 5 nitrogen and oxygen atoms in total. The quantitative estimate of drug-likeness (QED) is 0.579. The molecule has 1 fully saturated rings. The highest BCUT2D eigenvalue weighted by Gasteiger charge is 2.20. The van der Waals surface area contributed by atoms with E-state index in [2.05, 4.69) is 37.6 Å². The summed E-state index contributed by atoms with van der Waals surface area (Å²) in [5.41, 5.74) is 2.99. The van der Waals surface area contributed by atoms with Gasteiger partial charge in [-0.3, -0.25) is 0 Å². The number of hydrogen-bond acceptors (Lipinski definition) is 5. The van der Waals surface area contributed by atoms with Gasteiger partial charge in [0.05, 0.1) is 16.9 Å². The van der Waals surface area contributed by atoms with Crippen LogP contribution in [0.2, 0.25) is 0 Å². The highest BCUT2D eigenvalue weighted by molar-refractivity contribution is 9.10. The minimum Gasteiger partial charge on any atom is -0.367 e. The Morgan fingerprint density at radius 1 is 1.03 bits per heavy atom. The van der Waals surface area contributed by atoms with Crippen LogP contribution < -0.4 is 9.80 Å². The number of nitrogens with zero attached hydrogens (tertiary/aromatic N) is 5. The summed E-state index contributed by atoms with van der Waals surface area (Å²) in [4.78, 5) is 15.7. The van der Waals surface area contributed by atoms with Gasteiger partial charge in [0, 0.05) is 55.7 Å². The van der Waals surface area contributed by atoms with E-state index in [1.54, 1.807) is 6.07 Å². The Morgan fingerprint density at radius 2 is 1.79 bits per heavy atom. The highest BCUT2D eigenvalue weighted by atomic mass is 79.9. The summed E-state index contributed by atoms with van der Waals surface area (Å²) >= 11 is 3.52. The molecule has 29 heavy (non-hydrogen) atoms. The zero-order valence-electron chi connectivity index (χ0n) is 17.0. The minimum atomic E-state index is -0.208. The molecule has 4 rings (SSSR count). The van der Waals surface area contributed by atoms with Crippen LogP contribution in [0.15, 0.2) is 40.9 Å². The van der Waals surface area contributed by atoms with E-state index in [4.69, 9.17) is 4.98 Å². The third kappa shape index (κ3) is 4.07. The second kappa shape index (κ2) is 8.24. The van der Waals surface area contributed by atoms with Crippen molar-refractivity contribution >= 4 is 38.5 Å². The maximum absolute atomic E-state index is 15.1. The van der Waals surface area contributed by atoms with Crippen molar-refractivity contribution in [2.75, 3.05) is 56.6 Å². The molecule has 2 heterocycles. The van der Waals surface area contributed by atoms with E-state index < -0.39 is 0 Å². The highest BCUT2D eigenvalue weighted by Crippen LogP contribution is 2.32. The number of benzene rings is 2. The molecule has 0 spiro atoms. The zero-order chi connectivity index (χ0) is 20.5. The molecular formula is C22H25BrFN5. The third-order valence-electron chi connectivity index (χ3n) is 5.43. The van der Waals surface area contributed by atoms with Crippen molar-refractivity contribution in [1.82, 2.24) is 14.9 Å². The summed E-state index contributed by atoms with van der Waals surface area (Å²) in [6.07, 6.45) is 0. The summed E-state index contributed by atoms with van der Waals surface area (Å²) < 4.78 is 16.1. The van der Waals surface area contributed by atoms with Crippen molar-refractivity contribution in [3.8, 4) is 11.3 Å². The van der Waals surface area contributed by atoms with Crippen LogP contribution in [0.1, 0.15) is 6.92 Å². The normalized spacial score (nSPS) is 15.1. The molecule has 0 aliphatic carbocycles. The lowest BCUT2D eigenvalue weighted by Crippen LogP contribution is -2.46. The Labute approximate surface area is 179 Å². The Hall–Kier alpha value is -2.25. The maximum Gasteiger partial charge on any atom is 0.225 e. The van der Waals surface area contributed by atoms with Gasteiger partial charge < -0.3 is 14.7 Å². The van der Waals surface area contributed by atoms with Gasteiger partial charge in [-0.15, -0.1) is 0 Å². The largest absolute Gasteiger partial charge is 0.367 e. The van der Waals surface area contributed by atoms with E-state index in [1.807, 2.05) is 49.3 Å². The lowest BCUT2D eigenvalue weighted by atomic mass is 10.1. The molecule has 2 aromatic carbocycles. The lowest BCUT2D eigenvalue weighted by molar-refractivity contribution is 0.270. The van der Waals surface area contributed by atoms with Crippen LogP contribution in [0.4, 0.5) is 16.0 Å². The molecule has 0 saturated carbocycles. The number of fused-ring (bicyclic) bond motifs is 1. The number of aromatic nitrogens is 2. The van der Waals surface area contributed by atoms with E-state index in [-0.39, 0.29) is 5.82 Å². The Morgan fingerprint density at radius 3 is 2.45 bits per heavy atom. The zero-order valence-corrected chi connectivity index (χ0v) is 18.6. The molecule has 0 radical (unpaired) electrons. The molecule has 0 unspecified atom stereocenters. The molecule has 1 aliphatic heterocycles. The average Bonchev–Trinajstić information content (AvgIpc) is 2.73. The molecule has 1 aromatic heterocycles. The van der Waals surface area contributed by atoms with Gasteiger partial charge in [-0.2, -0.15) is 0 Å². The number of likely N-dealkylation sites (N-methyl/N-ethyl adjacent to an activating group) is 1. The van der Waals surface area contributed by atoms with E-state index in [0.717, 1.165) is 59.4 Å². The van der Waals surface area contributed by atoms with Gasteiger partial charge in [0.2, 0.25) is 5.95 Å². The van der Waals surface area contributed by atoms with Gasteiger partial charge in [0.15, 0.2) is 0 Å². The predicted octanol–water partition coefficient (Wildman–Crippen LogP) is 4.41. The first kappa shape index (κ1) is 20.0. The summed E-state index contributed by atoms with van der Waals surface area (Å²) in [6.45, 7) is 6.83. The SMILES string of the molecule is CCN1CCN(c2ccc(-c3nc(N(C)C)nc4ccc(Br)cc34)cc2F)CC1.